The summed E-state index contributed by atoms with van der Waals surface area (Å²) in [6.45, 7) is 3.95. The third-order valence-corrected chi connectivity index (χ3v) is 10.2. The molecule has 12 nitrogen and oxygen atoms in total. The van der Waals surface area contributed by atoms with Crippen molar-refractivity contribution in [1.29, 1.82) is 0 Å². The van der Waals surface area contributed by atoms with Crippen molar-refractivity contribution in [2.75, 3.05) is 5.73 Å². The van der Waals surface area contributed by atoms with Gasteiger partial charge in [-0.1, -0.05) is 6.07 Å². The van der Waals surface area contributed by atoms with E-state index < -0.39 is 23.1 Å². The molecule has 6 aromatic heterocycles. The van der Waals surface area contributed by atoms with Crippen LogP contribution in [-0.4, -0.2) is 46.1 Å². The van der Waals surface area contributed by atoms with Gasteiger partial charge < -0.3 is 15.9 Å². The minimum absolute atomic E-state index is 0.165. The maximum Gasteiger partial charge on any atom is 0.341 e. The van der Waals surface area contributed by atoms with Crippen LogP contribution in [0, 0.1) is 13.8 Å². The highest BCUT2D eigenvalue weighted by Gasteiger charge is 2.30. The molecule has 5 N–H and O–H groups in total. The number of aromatic amines is 1. The van der Waals surface area contributed by atoms with E-state index in [1.165, 1.54) is 8.80 Å². The maximum atomic E-state index is 12.7. The zero-order valence-electron chi connectivity index (χ0n) is 28.4. The Hall–Kier alpha value is -6.56. The molecule has 0 aliphatic heterocycles. The Morgan fingerprint density at radius 3 is 1.73 bits per heavy atom. The van der Waals surface area contributed by atoms with Crippen molar-refractivity contribution in [3.05, 3.63) is 133 Å². The lowest BCUT2D eigenvalue weighted by Gasteiger charge is -2.15. The highest BCUT2D eigenvalue weighted by Crippen LogP contribution is 2.44. The van der Waals surface area contributed by atoms with Gasteiger partial charge in [0.15, 0.2) is 0 Å². The quantitative estimate of drug-likeness (QED) is 0.150. The number of hydrogen-bond acceptors (Lipinski definition) is 7. The van der Waals surface area contributed by atoms with Crippen LogP contribution in [0.2, 0.25) is 0 Å². The van der Waals surface area contributed by atoms with Crippen LogP contribution >= 0.6 is 0 Å². The fourth-order valence-electron chi connectivity index (χ4n) is 7.21. The Labute approximate surface area is 295 Å². The van der Waals surface area contributed by atoms with E-state index >= 15 is 0 Å². The number of pyridine rings is 5. The van der Waals surface area contributed by atoms with Crippen molar-refractivity contribution in [3.8, 4) is 22.3 Å². The molecule has 6 heterocycles. The fraction of sp³-hybridized carbons (Fsp3) is 0.200. The number of rotatable bonds is 6. The van der Waals surface area contributed by atoms with Crippen LogP contribution in [0.1, 0.15) is 80.5 Å². The highest BCUT2D eigenvalue weighted by atomic mass is 16.4. The van der Waals surface area contributed by atoms with Crippen LogP contribution in [-0.2, 0) is 0 Å². The first kappa shape index (κ1) is 32.6. The monoisotopic (exact) mass is 694 g/mol. The van der Waals surface area contributed by atoms with Gasteiger partial charge in [-0.15, -0.1) is 0 Å². The van der Waals surface area contributed by atoms with Gasteiger partial charge in [-0.05, 0) is 139 Å². The molecular formula is C40H34N6O6. The summed E-state index contributed by atoms with van der Waals surface area (Å²) in [6, 6.07) is 16.5. The number of aromatic nitrogens is 5. The van der Waals surface area contributed by atoms with Gasteiger partial charge in [0.1, 0.15) is 16.9 Å². The van der Waals surface area contributed by atoms with Crippen LogP contribution in [0.15, 0.2) is 89.0 Å². The van der Waals surface area contributed by atoms with Gasteiger partial charge in [-0.3, -0.25) is 23.5 Å². The molecular weight excluding hydrogens is 660 g/mol. The number of carbonyl (C=O) groups is 2. The van der Waals surface area contributed by atoms with E-state index in [1.54, 1.807) is 43.0 Å². The van der Waals surface area contributed by atoms with Gasteiger partial charge in [-0.2, -0.15) is 5.10 Å². The normalized spacial score (nSPS) is 14.0. The van der Waals surface area contributed by atoms with E-state index in [0.29, 0.717) is 17.7 Å². The summed E-state index contributed by atoms with van der Waals surface area (Å²) in [6.07, 6.45) is 10.9. The van der Waals surface area contributed by atoms with Gasteiger partial charge in [0, 0.05) is 29.5 Å². The molecule has 9 rings (SSSR count). The van der Waals surface area contributed by atoms with E-state index in [0.717, 1.165) is 92.1 Å². The van der Waals surface area contributed by atoms with Gasteiger partial charge in [0.05, 0.1) is 22.7 Å². The zero-order chi connectivity index (χ0) is 36.4. The summed E-state index contributed by atoms with van der Waals surface area (Å²) in [5, 5.41) is 26.8. The number of nitrogens with two attached hydrogens (primary N) is 1. The summed E-state index contributed by atoms with van der Waals surface area (Å²) in [7, 11) is 0. The third kappa shape index (κ3) is 5.58. The van der Waals surface area contributed by atoms with E-state index in [-0.39, 0.29) is 11.1 Å². The fourth-order valence-corrected chi connectivity index (χ4v) is 7.21. The standard InChI is InChI=1S/C21H17N3O3.C19H17N3O3/c1-11-15(13-4-5-18-14(8-13)10-22-23-18)6-7-24-19(11)16(12-2-3-12)9-17(20(24)25)21(26)27;1-10-13(12-4-5-16(20)21-9-12)6-7-22-17(10)14(11-2-3-11)8-15(18(22)23)19(24)25/h4-10,12H,2-3H2,1H3,(H,22,23)(H,26,27);4-9,11H,2-3H2,1H3,(H2,20,21)(H,24,25). The molecule has 2 aliphatic carbocycles. The van der Waals surface area contributed by atoms with Gasteiger partial charge in [0.25, 0.3) is 11.1 Å². The smallest absolute Gasteiger partial charge is 0.341 e. The second-order valence-electron chi connectivity index (χ2n) is 13.6. The van der Waals surface area contributed by atoms with Crippen molar-refractivity contribution >= 4 is 39.7 Å². The summed E-state index contributed by atoms with van der Waals surface area (Å²) < 4.78 is 2.95. The molecule has 12 heteroatoms. The Kier molecular flexibility index (Phi) is 7.74. The number of aryl methyl sites for hydroxylation is 2. The molecule has 52 heavy (non-hydrogen) atoms. The first-order chi connectivity index (χ1) is 25.0. The van der Waals surface area contributed by atoms with Crippen molar-refractivity contribution in [2.24, 2.45) is 0 Å². The van der Waals surface area contributed by atoms with Crippen LogP contribution in [0.5, 0.6) is 0 Å². The number of nitrogens with one attached hydrogen (secondary N) is 1. The Morgan fingerprint density at radius 1 is 0.731 bits per heavy atom. The van der Waals surface area contributed by atoms with Gasteiger partial charge >= 0.3 is 11.9 Å². The number of anilines is 1. The number of aromatic carboxylic acids is 2. The third-order valence-electron chi connectivity index (χ3n) is 10.2. The second-order valence-corrected chi connectivity index (χ2v) is 13.6. The number of H-pyrrole nitrogens is 1. The molecule has 2 saturated carbocycles. The number of carboxylic acids is 2. The Morgan fingerprint density at radius 2 is 1.25 bits per heavy atom. The first-order valence-corrected chi connectivity index (χ1v) is 17.0. The molecule has 0 unspecified atom stereocenters. The summed E-state index contributed by atoms with van der Waals surface area (Å²) in [5.74, 6) is -1.28. The Balaban J connectivity index is 0.000000149. The lowest BCUT2D eigenvalue weighted by molar-refractivity contribution is 0.0683. The predicted molar refractivity (Wildman–Crippen MR) is 197 cm³/mol. The number of benzene rings is 1. The molecule has 2 fully saturated rings. The lowest BCUT2D eigenvalue weighted by atomic mass is 9.96. The van der Waals surface area contributed by atoms with Crippen molar-refractivity contribution in [3.63, 3.8) is 0 Å². The number of hydrogen-bond donors (Lipinski definition) is 4. The van der Waals surface area contributed by atoms with E-state index in [1.807, 2.05) is 44.2 Å². The van der Waals surface area contributed by atoms with Crippen LogP contribution in [0.25, 0.3) is 44.2 Å². The topological polar surface area (TPSA) is 185 Å². The SMILES string of the molecule is Cc1c(-c2ccc(N)nc2)ccn2c(=O)c(C(=O)O)cc(C3CC3)c12.Cc1c(-c2ccc3[nH]ncc3c2)ccn2c(=O)c(C(=O)O)cc(C3CC3)c12. The zero-order valence-corrected chi connectivity index (χ0v) is 28.4. The number of fused-ring (bicyclic) bond motifs is 3. The molecule has 7 aromatic rings. The highest BCUT2D eigenvalue weighted by molar-refractivity contribution is 5.91. The first-order valence-electron chi connectivity index (χ1n) is 17.0. The van der Waals surface area contributed by atoms with E-state index in [2.05, 4.69) is 21.2 Å². The summed E-state index contributed by atoms with van der Waals surface area (Å²) >= 11 is 0. The maximum absolute atomic E-state index is 12.7. The number of nitrogens with zero attached hydrogens (tertiary/aromatic N) is 4. The van der Waals surface area contributed by atoms with E-state index in [4.69, 9.17) is 5.73 Å². The van der Waals surface area contributed by atoms with Gasteiger partial charge in [0.2, 0.25) is 0 Å². The molecule has 260 valence electrons. The molecule has 1 aromatic carbocycles. The molecule has 2 aliphatic rings. The molecule has 0 bridgehead atoms. The minimum Gasteiger partial charge on any atom is -0.477 e. The lowest BCUT2D eigenvalue weighted by Crippen LogP contribution is -2.23. The Bertz CT molecular complexity index is 2740. The van der Waals surface area contributed by atoms with Crippen molar-refractivity contribution in [2.45, 2.75) is 51.4 Å². The number of carboxylic acid groups (broad SMARTS) is 2. The van der Waals surface area contributed by atoms with Gasteiger partial charge in [-0.25, -0.2) is 14.6 Å². The molecule has 0 saturated heterocycles. The van der Waals surface area contributed by atoms with Crippen LogP contribution in [0.3, 0.4) is 0 Å². The average Bonchev–Trinajstić information content (AvgIpc) is 4.07. The molecule has 0 atom stereocenters. The summed E-state index contributed by atoms with van der Waals surface area (Å²) in [5.41, 5.74) is 14.7. The average molecular weight is 695 g/mol. The summed E-state index contributed by atoms with van der Waals surface area (Å²) in [4.78, 5) is 52.3. The molecule has 0 amide bonds. The minimum atomic E-state index is -1.19. The molecule has 0 radical (unpaired) electrons. The predicted octanol–water partition coefficient (Wildman–Crippen LogP) is 6.55. The van der Waals surface area contributed by atoms with E-state index in [9.17, 15) is 29.4 Å². The number of nitrogen functional groups attached to an aromatic ring is 1. The second kappa shape index (κ2) is 12.3. The van der Waals surface area contributed by atoms with Crippen molar-refractivity contribution in [1.82, 2.24) is 24.0 Å². The van der Waals surface area contributed by atoms with Crippen LogP contribution < -0.4 is 16.9 Å². The molecule has 0 spiro atoms. The van der Waals surface area contributed by atoms with Crippen LogP contribution in [0.4, 0.5) is 5.82 Å². The largest absolute Gasteiger partial charge is 0.477 e. The van der Waals surface area contributed by atoms with Crippen molar-refractivity contribution < 1.29 is 19.8 Å².